The number of halogens is 1. The molecule has 0 unspecified atom stereocenters. The third kappa shape index (κ3) is 3.05. The zero-order valence-corrected chi connectivity index (χ0v) is 19.1. The summed E-state index contributed by atoms with van der Waals surface area (Å²) in [6.07, 6.45) is 5.21. The number of likely N-dealkylation sites (tertiary alicyclic amines) is 1. The van der Waals surface area contributed by atoms with E-state index in [4.69, 9.17) is 11.6 Å². The Bertz CT molecular complexity index is 1120. The minimum Gasteiger partial charge on any atom is -0.335 e. The first-order valence-electron chi connectivity index (χ1n) is 11.2. The minimum atomic E-state index is -0.127. The summed E-state index contributed by atoms with van der Waals surface area (Å²) in [5.74, 6) is 0.270. The van der Waals surface area contributed by atoms with Crippen LogP contribution in [0.4, 0.5) is 0 Å². The van der Waals surface area contributed by atoms with E-state index in [0.29, 0.717) is 36.1 Å². The van der Waals surface area contributed by atoms with E-state index in [2.05, 4.69) is 17.1 Å². The zero-order chi connectivity index (χ0) is 22.0. The van der Waals surface area contributed by atoms with E-state index in [9.17, 15) is 14.4 Å². The Kier molecular flexibility index (Phi) is 4.89. The van der Waals surface area contributed by atoms with Gasteiger partial charge in [0.2, 0.25) is 11.8 Å². The van der Waals surface area contributed by atoms with Crippen molar-refractivity contribution in [3.8, 4) is 0 Å². The summed E-state index contributed by atoms with van der Waals surface area (Å²) in [5.41, 5.74) is 0. The monoisotopic (exact) mass is 469 g/mol. The smallest absolute Gasteiger partial charge is 0.265 e. The lowest BCUT2D eigenvalue weighted by molar-refractivity contribution is -0.141. The number of allylic oxidation sites excluding steroid dienone is 2. The number of nitrogens with zero attached hydrogens (tertiary/aromatic N) is 3. The second kappa shape index (κ2) is 7.68. The topological polar surface area (TPSA) is 60.9 Å². The van der Waals surface area contributed by atoms with Gasteiger partial charge in [0, 0.05) is 49.4 Å². The van der Waals surface area contributed by atoms with E-state index in [1.54, 1.807) is 0 Å². The highest BCUT2D eigenvalue weighted by atomic mass is 35.5. The van der Waals surface area contributed by atoms with Crippen LogP contribution in [0.15, 0.2) is 36.4 Å². The van der Waals surface area contributed by atoms with Gasteiger partial charge in [-0.3, -0.25) is 24.2 Å². The Morgan fingerprint density at radius 3 is 2.28 bits per heavy atom. The molecule has 4 atom stereocenters. The van der Waals surface area contributed by atoms with E-state index in [1.165, 1.54) is 16.2 Å². The molecule has 8 heteroatoms. The van der Waals surface area contributed by atoms with Crippen molar-refractivity contribution in [1.82, 2.24) is 14.7 Å². The summed E-state index contributed by atoms with van der Waals surface area (Å²) in [7, 11) is 0. The van der Waals surface area contributed by atoms with E-state index in [1.807, 2.05) is 29.2 Å². The molecule has 2 bridgehead atoms. The van der Waals surface area contributed by atoms with Crippen LogP contribution in [0.1, 0.15) is 16.1 Å². The fourth-order valence-corrected chi connectivity index (χ4v) is 7.38. The molecule has 2 saturated heterocycles. The van der Waals surface area contributed by atoms with Gasteiger partial charge in [0.15, 0.2) is 0 Å². The standard InChI is InChI=1S/C24H24ClN3O3S/c25-20-16-3-1-2-4-17(16)32-21(20)24(31)27-10-7-26(8-11-27)9-12-28-22(29)18-14-5-6-15(13-14)19(18)23(28)30/h1-6,14-15,18-19H,7-13H2/t14-,15-,18-,19+/m1/s1. The average Bonchev–Trinajstić information content (AvgIpc) is 3.56. The van der Waals surface area contributed by atoms with Crippen molar-refractivity contribution in [2.75, 3.05) is 39.3 Å². The molecule has 0 N–H and O–H groups in total. The molecule has 6 nitrogen and oxygen atoms in total. The van der Waals surface area contributed by atoms with Gasteiger partial charge in [-0.15, -0.1) is 11.3 Å². The Labute approximate surface area is 195 Å². The maximum absolute atomic E-state index is 13.1. The quantitative estimate of drug-likeness (QED) is 0.510. The summed E-state index contributed by atoms with van der Waals surface area (Å²) in [6.45, 7) is 3.79. The lowest BCUT2D eigenvalue weighted by Gasteiger charge is -2.35. The number of fused-ring (bicyclic) bond motifs is 6. The molecule has 2 aliphatic carbocycles. The molecule has 1 aromatic carbocycles. The molecule has 1 aromatic heterocycles. The first kappa shape index (κ1) is 20.4. The van der Waals surface area contributed by atoms with Crippen molar-refractivity contribution < 1.29 is 14.4 Å². The summed E-state index contributed by atoms with van der Waals surface area (Å²) in [4.78, 5) is 44.9. The molecule has 2 aliphatic heterocycles. The molecule has 6 rings (SSSR count). The summed E-state index contributed by atoms with van der Waals surface area (Å²) in [6, 6.07) is 7.81. The van der Waals surface area contributed by atoms with E-state index >= 15 is 0 Å². The Balaban J connectivity index is 1.05. The number of hydrogen-bond acceptors (Lipinski definition) is 5. The van der Waals surface area contributed by atoms with Gasteiger partial charge in [0.25, 0.3) is 5.91 Å². The number of hydrogen-bond donors (Lipinski definition) is 0. The first-order chi connectivity index (χ1) is 15.5. The maximum atomic E-state index is 13.1. The van der Waals surface area contributed by atoms with Crippen LogP contribution in [0.2, 0.25) is 5.02 Å². The van der Waals surface area contributed by atoms with Gasteiger partial charge in [-0.05, 0) is 24.3 Å². The number of carbonyl (C=O) groups is 3. The predicted octanol–water partition coefficient (Wildman–Crippen LogP) is 3.12. The van der Waals surface area contributed by atoms with Crippen molar-refractivity contribution in [2.45, 2.75) is 6.42 Å². The van der Waals surface area contributed by atoms with Gasteiger partial charge in [-0.25, -0.2) is 0 Å². The highest BCUT2D eigenvalue weighted by Crippen LogP contribution is 2.52. The molecule has 32 heavy (non-hydrogen) atoms. The molecular formula is C24H24ClN3O3S. The van der Waals surface area contributed by atoms with Gasteiger partial charge < -0.3 is 4.90 Å². The largest absolute Gasteiger partial charge is 0.335 e. The van der Waals surface area contributed by atoms with Gasteiger partial charge in [0.05, 0.1) is 16.9 Å². The van der Waals surface area contributed by atoms with Gasteiger partial charge in [0.1, 0.15) is 4.88 Å². The maximum Gasteiger partial charge on any atom is 0.265 e. The number of carbonyl (C=O) groups excluding carboxylic acids is 3. The first-order valence-corrected chi connectivity index (χ1v) is 12.4. The lowest BCUT2D eigenvalue weighted by atomic mass is 9.85. The number of amides is 3. The van der Waals surface area contributed by atoms with Crippen molar-refractivity contribution >= 4 is 50.7 Å². The van der Waals surface area contributed by atoms with Crippen LogP contribution in [-0.4, -0.2) is 71.7 Å². The zero-order valence-electron chi connectivity index (χ0n) is 17.6. The van der Waals surface area contributed by atoms with E-state index in [0.717, 1.165) is 29.6 Å². The number of imide groups is 1. The number of piperazine rings is 1. The number of thiophene rings is 1. The Morgan fingerprint density at radius 1 is 0.969 bits per heavy atom. The number of rotatable bonds is 4. The number of benzene rings is 1. The molecule has 1 saturated carbocycles. The van der Waals surface area contributed by atoms with Gasteiger partial charge in [-0.2, -0.15) is 0 Å². The van der Waals surface area contributed by atoms with Crippen molar-refractivity contribution in [3.05, 3.63) is 46.3 Å². The summed E-state index contributed by atoms with van der Waals surface area (Å²) in [5, 5.41) is 1.47. The van der Waals surface area contributed by atoms with E-state index < -0.39 is 0 Å². The molecule has 3 heterocycles. The third-order valence-electron chi connectivity index (χ3n) is 7.59. The van der Waals surface area contributed by atoms with Crippen LogP contribution in [0.3, 0.4) is 0 Å². The normalized spacial score (nSPS) is 29.5. The molecule has 0 radical (unpaired) electrons. The van der Waals surface area contributed by atoms with Gasteiger partial charge in [-0.1, -0.05) is 42.0 Å². The van der Waals surface area contributed by atoms with Crippen molar-refractivity contribution in [1.29, 1.82) is 0 Å². The Morgan fingerprint density at radius 2 is 1.62 bits per heavy atom. The molecule has 3 fully saturated rings. The highest BCUT2D eigenvalue weighted by molar-refractivity contribution is 7.21. The predicted molar refractivity (Wildman–Crippen MR) is 124 cm³/mol. The van der Waals surface area contributed by atoms with Crippen LogP contribution in [0.5, 0.6) is 0 Å². The van der Waals surface area contributed by atoms with E-state index in [-0.39, 0.29) is 41.4 Å². The second-order valence-corrected chi connectivity index (χ2v) is 10.6. The Hall–Kier alpha value is -2.22. The summed E-state index contributed by atoms with van der Waals surface area (Å²) < 4.78 is 1.02. The highest BCUT2D eigenvalue weighted by Gasteiger charge is 2.59. The fraction of sp³-hybridized carbons (Fsp3) is 0.458. The molecule has 3 amide bonds. The molecule has 4 aliphatic rings. The van der Waals surface area contributed by atoms with Crippen LogP contribution in [-0.2, 0) is 9.59 Å². The van der Waals surface area contributed by atoms with Crippen LogP contribution in [0.25, 0.3) is 10.1 Å². The van der Waals surface area contributed by atoms with Gasteiger partial charge >= 0.3 is 0 Å². The fourth-order valence-electron chi connectivity index (χ4n) is 5.90. The molecular weight excluding hydrogens is 446 g/mol. The second-order valence-electron chi connectivity index (χ2n) is 9.20. The minimum absolute atomic E-state index is 0.0171. The molecule has 2 aromatic rings. The van der Waals surface area contributed by atoms with Crippen LogP contribution < -0.4 is 0 Å². The summed E-state index contributed by atoms with van der Waals surface area (Å²) >= 11 is 7.94. The third-order valence-corrected chi connectivity index (χ3v) is 9.25. The van der Waals surface area contributed by atoms with Crippen LogP contribution >= 0.6 is 22.9 Å². The van der Waals surface area contributed by atoms with Crippen LogP contribution in [0, 0.1) is 23.7 Å². The van der Waals surface area contributed by atoms with Crippen molar-refractivity contribution in [3.63, 3.8) is 0 Å². The SMILES string of the molecule is O=C(c1sc2ccccc2c1Cl)N1CCN(CCN2C(=O)[C@@H]3[C@H](C2=O)[C@@H]2C=C[C@@H]3C2)CC1. The van der Waals surface area contributed by atoms with Crippen molar-refractivity contribution in [2.24, 2.45) is 23.7 Å². The lowest BCUT2D eigenvalue weighted by Crippen LogP contribution is -2.50. The molecule has 166 valence electrons. The average molecular weight is 470 g/mol. The molecule has 0 spiro atoms.